The zero-order chi connectivity index (χ0) is 11.9. The van der Waals surface area contributed by atoms with Gasteiger partial charge in [0.15, 0.2) is 0 Å². The fourth-order valence-electron chi connectivity index (χ4n) is 4.18. The van der Waals surface area contributed by atoms with Crippen LogP contribution in [0.5, 0.6) is 0 Å². The molecule has 2 bridgehead atoms. The Labute approximate surface area is 103 Å². The molecule has 1 aliphatic carbocycles. The molecular formula is C14H21NO2. The average Bonchev–Trinajstić information content (AvgIpc) is 2.87. The molecule has 3 unspecified atom stereocenters. The standard InChI is InChI=1S/C14H21NO2/c15-10-13(9-11-5-6-12(13)17-11)14(16)7-3-1-2-4-8-14/h11-12,16H,1-9H2. The molecule has 3 heteroatoms. The van der Waals surface area contributed by atoms with Crippen molar-refractivity contribution in [2.75, 3.05) is 0 Å². The van der Waals surface area contributed by atoms with E-state index in [1.165, 1.54) is 12.8 Å². The monoisotopic (exact) mass is 235 g/mol. The first-order chi connectivity index (χ1) is 8.20. The molecule has 0 aromatic carbocycles. The minimum Gasteiger partial charge on any atom is -0.388 e. The maximum atomic E-state index is 11.0. The molecule has 0 amide bonds. The lowest BCUT2D eigenvalue weighted by Gasteiger charge is -2.43. The van der Waals surface area contributed by atoms with Crippen LogP contribution in [0.25, 0.3) is 0 Å². The molecule has 17 heavy (non-hydrogen) atoms. The van der Waals surface area contributed by atoms with Gasteiger partial charge in [0.1, 0.15) is 5.41 Å². The third-order valence-electron chi connectivity index (χ3n) is 5.17. The van der Waals surface area contributed by atoms with Gasteiger partial charge < -0.3 is 9.84 Å². The highest BCUT2D eigenvalue weighted by Crippen LogP contribution is 2.56. The van der Waals surface area contributed by atoms with Crippen molar-refractivity contribution in [3.8, 4) is 6.07 Å². The third kappa shape index (κ3) is 1.54. The molecule has 3 fully saturated rings. The van der Waals surface area contributed by atoms with E-state index in [1.807, 2.05) is 0 Å². The van der Waals surface area contributed by atoms with Gasteiger partial charge in [-0.3, -0.25) is 0 Å². The normalized spacial score (nSPS) is 44.2. The first-order valence-electron chi connectivity index (χ1n) is 6.99. The van der Waals surface area contributed by atoms with Gasteiger partial charge in [-0.05, 0) is 32.1 Å². The van der Waals surface area contributed by atoms with Crippen molar-refractivity contribution in [2.45, 2.75) is 75.6 Å². The third-order valence-corrected chi connectivity index (χ3v) is 5.17. The lowest BCUT2D eigenvalue weighted by molar-refractivity contribution is -0.0946. The second-order valence-corrected chi connectivity index (χ2v) is 6.06. The van der Waals surface area contributed by atoms with Crippen molar-refractivity contribution in [3.05, 3.63) is 0 Å². The van der Waals surface area contributed by atoms with Gasteiger partial charge in [-0.1, -0.05) is 25.7 Å². The second-order valence-electron chi connectivity index (χ2n) is 6.06. The minimum absolute atomic E-state index is 0.0133. The lowest BCUT2D eigenvalue weighted by atomic mass is 9.61. The molecule has 0 aromatic heterocycles. The highest BCUT2D eigenvalue weighted by molar-refractivity contribution is 5.21. The van der Waals surface area contributed by atoms with E-state index in [-0.39, 0.29) is 12.2 Å². The van der Waals surface area contributed by atoms with Crippen LogP contribution in [-0.2, 0) is 4.74 Å². The van der Waals surface area contributed by atoms with Gasteiger partial charge >= 0.3 is 0 Å². The van der Waals surface area contributed by atoms with Crippen LogP contribution >= 0.6 is 0 Å². The summed E-state index contributed by atoms with van der Waals surface area (Å²) in [5, 5.41) is 20.7. The van der Waals surface area contributed by atoms with Crippen molar-refractivity contribution >= 4 is 0 Å². The van der Waals surface area contributed by atoms with E-state index in [0.717, 1.165) is 44.9 Å². The quantitative estimate of drug-likeness (QED) is 0.710. The van der Waals surface area contributed by atoms with Gasteiger partial charge in [0.2, 0.25) is 0 Å². The molecule has 0 spiro atoms. The van der Waals surface area contributed by atoms with E-state index in [1.54, 1.807) is 0 Å². The summed E-state index contributed by atoms with van der Waals surface area (Å²) in [5.74, 6) is 0. The minimum atomic E-state index is -0.794. The fourth-order valence-corrected chi connectivity index (χ4v) is 4.18. The highest BCUT2D eigenvalue weighted by atomic mass is 16.5. The Balaban J connectivity index is 1.92. The SMILES string of the molecule is N#CC1(C2(O)CCCCCC2)CC2CCC1O2. The van der Waals surface area contributed by atoms with Crippen LogP contribution in [0, 0.1) is 16.7 Å². The summed E-state index contributed by atoms with van der Waals surface area (Å²) in [7, 11) is 0. The zero-order valence-electron chi connectivity index (χ0n) is 10.3. The van der Waals surface area contributed by atoms with Crippen LogP contribution in [-0.4, -0.2) is 22.9 Å². The molecule has 94 valence electrons. The van der Waals surface area contributed by atoms with Crippen LogP contribution in [0.2, 0.25) is 0 Å². The van der Waals surface area contributed by atoms with Crippen molar-refractivity contribution in [1.82, 2.24) is 0 Å². The number of nitrogens with zero attached hydrogens (tertiary/aromatic N) is 1. The smallest absolute Gasteiger partial charge is 0.114 e. The number of aliphatic hydroxyl groups is 1. The summed E-state index contributed by atoms with van der Waals surface area (Å²) >= 11 is 0. The Morgan fingerprint density at radius 1 is 1.12 bits per heavy atom. The number of fused-ring (bicyclic) bond motifs is 2. The van der Waals surface area contributed by atoms with Gasteiger partial charge in [-0.15, -0.1) is 0 Å². The maximum absolute atomic E-state index is 11.0. The van der Waals surface area contributed by atoms with Crippen LogP contribution in [0.15, 0.2) is 0 Å². The zero-order valence-corrected chi connectivity index (χ0v) is 10.3. The highest BCUT2D eigenvalue weighted by Gasteiger charge is 2.63. The summed E-state index contributed by atoms with van der Waals surface area (Å²) in [6, 6.07) is 2.47. The molecule has 1 N–H and O–H groups in total. The number of hydrogen-bond donors (Lipinski definition) is 1. The van der Waals surface area contributed by atoms with E-state index < -0.39 is 11.0 Å². The molecule has 2 heterocycles. The Bertz CT molecular complexity index is 341. The first kappa shape index (κ1) is 11.5. The van der Waals surface area contributed by atoms with Crippen LogP contribution < -0.4 is 0 Å². The summed E-state index contributed by atoms with van der Waals surface area (Å²) in [4.78, 5) is 0. The molecule has 1 saturated carbocycles. The Morgan fingerprint density at radius 2 is 1.82 bits per heavy atom. The van der Waals surface area contributed by atoms with Gasteiger partial charge in [-0.2, -0.15) is 5.26 Å². The van der Waals surface area contributed by atoms with Gasteiger partial charge in [0.05, 0.1) is 23.9 Å². The summed E-state index contributed by atoms with van der Waals surface area (Å²) in [6.45, 7) is 0. The molecule has 3 rings (SSSR count). The number of nitriles is 1. The number of rotatable bonds is 1. The molecule has 2 aliphatic heterocycles. The Kier molecular flexibility index (Phi) is 2.68. The lowest BCUT2D eigenvalue weighted by Crippen LogP contribution is -2.52. The van der Waals surface area contributed by atoms with E-state index in [0.29, 0.717) is 0 Å². The predicted molar refractivity (Wildman–Crippen MR) is 63.2 cm³/mol. The molecule has 0 aromatic rings. The topological polar surface area (TPSA) is 53.2 Å². The number of hydrogen-bond acceptors (Lipinski definition) is 3. The Hall–Kier alpha value is -0.590. The maximum Gasteiger partial charge on any atom is 0.114 e. The summed E-state index contributed by atoms with van der Waals surface area (Å²) in [6.07, 6.45) is 9.06. The van der Waals surface area contributed by atoms with Crippen molar-refractivity contribution in [1.29, 1.82) is 5.26 Å². The molecule has 2 saturated heterocycles. The van der Waals surface area contributed by atoms with Crippen molar-refractivity contribution in [2.24, 2.45) is 5.41 Å². The number of ether oxygens (including phenoxy) is 1. The van der Waals surface area contributed by atoms with Crippen molar-refractivity contribution < 1.29 is 9.84 Å². The van der Waals surface area contributed by atoms with Gasteiger partial charge in [-0.25, -0.2) is 0 Å². The van der Waals surface area contributed by atoms with E-state index in [4.69, 9.17) is 4.74 Å². The molecule has 3 atom stereocenters. The molecule has 0 radical (unpaired) electrons. The van der Waals surface area contributed by atoms with E-state index in [9.17, 15) is 10.4 Å². The van der Waals surface area contributed by atoms with Crippen LogP contribution in [0.1, 0.15) is 57.8 Å². The summed E-state index contributed by atoms with van der Waals surface area (Å²) in [5.41, 5.74) is -1.40. The fraction of sp³-hybridized carbons (Fsp3) is 0.929. The van der Waals surface area contributed by atoms with E-state index in [2.05, 4.69) is 6.07 Å². The van der Waals surface area contributed by atoms with Crippen molar-refractivity contribution in [3.63, 3.8) is 0 Å². The second kappa shape index (κ2) is 3.96. The average molecular weight is 235 g/mol. The first-order valence-corrected chi connectivity index (χ1v) is 6.99. The predicted octanol–water partition coefficient (Wildman–Crippen LogP) is 2.53. The largest absolute Gasteiger partial charge is 0.388 e. The molecule has 3 aliphatic rings. The molecule has 3 nitrogen and oxygen atoms in total. The summed E-state index contributed by atoms with van der Waals surface area (Å²) < 4.78 is 5.86. The van der Waals surface area contributed by atoms with Crippen LogP contribution in [0.3, 0.4) is 0 Å². The van der Waals surface area contributed by atoms with E-state index >= 15 is 0 Å². The Morgan fingerprint density at radius 3 is 2.29 bits per heavy atom. The molecular weight excluding hydrogens is 214 g/mol. The van der Waals surface area contributed by atoms with Gasteiger partial charge in [0, 0.05) is 0 Å². The van der Waals surface area contributed by atoms with Crippen LogP contribution in [0.4, 0.5) is 0 Å². The van der Waals surface area contributed by atoms with Gasteiger partial charge in [0.25, 0.3) is 0 Å².